The molecule has 1 aromatic heterocycles. The molecule has 0 amide bonds. The van der Waals surface area contributed by atoms with Gasteiger partial charge < -0.3 is 20.1 Å². The summed E-state index contributed by atoms with van der Waals surface area (Å²) in [6.45, 7) is 0.458. The molecule has 0 unspecified atom stereocenters. The molecule has 40 heavy (non-hydrogen) atoms. The van der Waals surface area contributed by atoms with Crippen LogP contribution >= 0.6 is 0 Å². The fourth-order valence-electron chi connectivity index (χ4n) is 4.63. The number of aliphatic carboxylic acids is 1. The van der Waals surface area contributed by atoms with Crippen LogP contribution in [-0.2, 0) is 43.1 Å². The minimum absolute atomic E-state index is 0. The molecule has 0 radical (unpaired) electrons. The third-order valence-corrected chi connectivity index (χ3v) is 6.52. The number of anilines is 2. The Bertz CT molecular complexity index is 1340. The van der Waals surface area contributed by atoms with Gasteiger partial charge >= 0.3 is 41.9 Å². The molecule has 0 saturated carbocycles. The van der Waals surface area contributed by atoms with Crippen molar-refractivity contribution in [3.8, 4) is 0 Å². The van der Waals surface area contributed by atoms with Gasteiger partial charge in [0, 0.05) is 43.0 Å². The van der Waals surface area contributed by atoms with Crippen LogP contribution in [-0.4, -0.2) is 28.8 Å². The third kappa shape index (κ3) is 7.70. The smallest absolute Gasteiger partial charge is 0.550 e. The van der Waals surface area contributed by atoms with Crippen LogP contribution in [0.15, 0.2) is 42.5 Å². The van der Waals surface area contributed by atoms with Crippen molar-refractivity contribution in [3.63, 3.8) is 0 Å². The second-order valence-electron chi connectivity index (χ2n) is 9.17. The molecule has 2 heterocycles. The second kappa shape index (κ2) is 12.8. The van der Waals surface area contributed by atoms with Crippen molar-refractivity contribution in [1.82, 2.24) is 9.78 Å². The van der Waals surface area contributed by atoms with Crippen molar-refractivity contribution >= 4 is 17.3 Å². The van der Waals surface area contributed by atoms with Gasteiger partial charge in [0.1, 0.15) is 11.5 Å². The largest absolute Gasteiger partial charge is 1.00 e. The number of hydrogen-bond acceptors (Lipinski definition) is 5. The van der Waals surface area contributed by atoms with Crippen molar-refractivity contribution in [2.75, 3.05) is 23.3 Å². The van der Waals surface area contributed by atoms with Crippen LogP contribution in [0.1, 0.15) is 40.9 Å². The number of nitrogens with zero attached hydrogens (tertiary/aromatic N) is 3. The summed E-state index contributed by atoms with van der Waals surface area (Å²) in [6.07, 6.45) is -8.89. The first-order valence-corrected chi connectivity index (χ1v) is 12.1. The van der Waals surface area contributed by atoms with E-state index in [2.05, 4.69) is 10.4 Å². The Labute approximate surface area is 247 Å². The average molecular weight is 580 g/mol. The maximum absolute atomic E-state index is 14.3. The molecule has 0 fully saturated rings. The van der Waals surface area contributed by atoms with Crippen LogP contribution in [0.2, 0.25) is 0 Å². The van der Waals surface area contributed by atoms with Crippen LogP contribution in [0.4, 0.5) is 42.1 Å². The molecule has 14 heteroatoms. The van der Waals surface area contributed by atoms with Gasteiger partial charge in [-0.1, -0.05) is 18.2 Å². The summed E-state index contributed by atoms with van der Waals surface area (Å²) in [7, 11) is 0. The van der Waals surface area contributed by atoms with E-state index in [1.807, 2.05) is 11.0 Å². The van der Waals surface area contributed by atoms with Gasteiger partial charge in [-0.25, -0.2) is 4.39 Å². The van der Waals surface area contributed by atoms with E-state index < -0.39 is 42.1 Å². The van der Waals surface area contributed by atoms with Crippen molar-refractivity contribution in [1.29, 1.82) is 0 Å². The van der Waals surface area contributed by atoms with Crippen LogP contribution in [0.25, 0.3) is 0 Å². The van der Waals surface area contributed by atoms with Gasteiger partial charge in [0.25, 0.3) is 0 Å². The molecule has 0 bridgehead atoms. The number of carbonyl (C=O) groups is 1. The summed E-state index contributed by atoms with van der Waals surface area (Å²) in [5.41, 5.74) is 0.275. The molecule has 0 saturated heterocycles. The standard InChI is InChI=1S/C26H25F7N4O2.Na/c27-20-13-18(8-6-16(20)7-9-24(38)39)34-15-17-3-1-5-21-19(17)4-2-10-36(21)11-12-37-23(26(31,32)33)14-22(35-37)25(28,29)30;/h1,3,5-6,8,13-14,34H,2,4,7,9-12,15H2,(H,38,39);/q;+1/p-1. The van der Waals surface area contributed by atoms with E-state index in [1.54, 1.807) is 18.2 Å². The summed E-state index contributed by atoms with van der Waals surface area (Å²) in [4.78, 5) is 12.4. The molecule has 1 N–H and O–H groups in total. The number of hydrogen-bond donors (Lipinski definition) is 1. The summed E-state index contributed by atoms with van der Waals surface area (Å²) in [5.74, 6) is -1.82. The van der Waals surface area contributed by atoms with Crippen LogP contribution in [0, 0.1) is 5.82 Å². The van der Waals surface area contributed by atoms with Gasteiger partial charge in [-0.15, -0.1) is 0 Å². The summed E-state index contributed by atoms with van der Waals surface area (Å²) < 4.78 is 93.8. The number of benzene rings is 2. The zero-order valence-corrected chi connectivity index (χ0v) is 23.5. The van der Waals surface area contributed by atoms with Gasteiger partial charge in [-0.2, -0.15) is 31.4 Å². The number of fused-ring (bicyclic) bond motifs is 1. The Morgan fingerprint density at radius 1 is 1.00 bits per heavy atom. The Morgan fingerprint density at radius 3 is 2.40 bits per heavy atom. The minimum Gasteiger partial charge on any atom is -0.550 e. The van der Waals surface area contributed by atoms with Crippen molar-refractivity contribution in [2.45, 2.75) is 51.1 Å². The zero-order chi connectivity index (χ0) is 28.4. The molecule has 0 atom stereocenters. The summed E-state index contributed by atoms with van der Waals surface area (Å²) in [5, 5.41) is 16.9. The summed E-state index contributed by atoms with van der Waals surface area (Å²) >= 11 is 0. The number of carboxylic acid groups (broad SMARTS) is 1. The Balaban J connectivity index is 0.00000441. The molecule has 0 aliphatic carbocycles. The molecule has 6 nitrogen and oxygen atoms in total. The van der Waals surface area contributed by atoms with E-state index in [4.69, 9.17) is 0 Å². The number of carboxylic acids is 1. The van der Waals surface area contributed by atoms with Crippen LogP contribution in [0.3, 0.4) is 0 Å². The van der Waals surface area contributed by atoms with Gasteiger partial charge in [-0.3, -0.25) is 4.68 Å². The Kier molecular flexibility index (Phi) is 10.2. The Morgan fingerprint density at radius 2 is 1.75 bits per heavy atom. The van der Waals surface area contributed by atoms with Crippen LogP contribution < -0.4 is 44.9 Å². The van der Waals surface area contributed by atoms with Crippen molar-refractivity contribution in [2.24, 2.45) is 0 Å². The predicted octanol–water partition coefficient (Wildman–Crippen LogP) is 1.81. The number of rotatable bonds is 9. The third-order valence-electron chi connectivity index (χ3n) is 6.52. The predicted molar refractivity (Wildman–Crippen MR) is 126 cm³/mol. The van der Waals surface area contributed by atoms with Gasteiger partial charge in [0.2, 0.25) is 0 Å². The number of aromatic nitrogens is 2. The van der Waals surface area contributed by atoms with E-state index in [9.17, 15) is 40.6 Å². The van der Waals surface area contributed by atoms with Crippen molar-refractivity contribution < 1.29 is 70.2 Å². The number of nitrogens with one attached hydrogen (secondary N) is 1. The quantitative estimate of drug-likeness (QED) is 0.309. The number of aryl methyl sites for hydroxylation is 1. The monoisotopic (exact) mass is 580 g/mol. The fourth-order valence-corrected chi connectivity index (χ4v) is 4.63. The maximum atomic E-state index is 14.3. The van der Waals surface area contributed by atoms with E-state index in [0.29, 0.717) is 36.3 Å². The average Bonchev–Trinajstić information content (AvgIpc) is 3.31. The molecule has 4 rings (SSSR count). The first kappa shape index (κ1) is 31.8. The molecular weight excluding hydrogens is 556 g/mol. The van der Waals surface area contributed by atoms with Crippen LogP contribution in [0.5, 0.6) is 0 Å². The van der Waals surface area contributed by atoms with E-state index >= 15 is 0 Å². The molecule has 2 aromatic carbocycles. The van der Waals surface area contributed by atoms with E-state index in [0.717, 1.165) is 16.8 Å². The van der Waals surface area contributed by atoms with Gasteiger partial charge in [0.15, 0.2) is 5.69 Å². The number of halogens is 7. The molecule has 3 aromatic rings. The van der Waals surface area contributed by atoms with Crippen molar-refractivity contribution in [3.05, 3.63) is 76.4 Å². The molecule has 210 valence electrons. The molecule has 1 aliphatic heterocycles. The number of carbonyl (C=O) groups excluding carboxylic acids is 1. The molecule has 0 spiro atoms. The topological polar surface area (TPSA) is 73.2 Å². The zero-order valence-electron chi connectivity index (χ0n) is 21.5. The first-order chi connectivity index (χ1) is 18.3. The fraction of sp³-hybridized carbons (Fsp3) is 0.385. The molecular formula is C26H24F7N4NaO2. The second-order valence-corrected chi connectivity index (χ2v) is 9.17. The SMILES string of the molecule is O=C([O-])CCc1ccc(NCc2cccc3c2CCCN3CCn2nc(C(F)(F)F)cc2C(F)(F)F)cc1F.[Na+]. The van der Waals surface area contributed by atoms with E-state index in [1.165, 1.54) is 12.1 Å². The number of alkyl halides is 6. The normalized spacial score (nSPS) is 13.5. The van der Waals surface area contributed by atoms with Gasteiger partial charge in [-0.05, 0) is 60.6 Å². The first-order valence-electron chi connectivity index (χ1n) is 12.1. The Hall–Kier alpha value is -2.77. The van der Waals surface area contributed by atoms with Gasteiger partial charge in [0.05, 0.1) is 6.54 Å². The maximum Gasteiger partial charge on any atom is 1.00 e. The summed E-state index contributed by atoms with van der Waals surface area (Å²) in [6, 6.07) is 9.86. The molecule has 1 aliphatic rings. The van der Waals surface area contributed by atoms with E-state index in [-0.39, 0.29) is 60.6 Å². The minimum atomic E-state index is -5.00.